The highest BCUT2D eigenvalue weighted by molar-refractivity contribution is 6.42. The van der Waals surface area contributed by atoms with Crippen LogP contribution < -0.4 is 4.74 Å². The molecular weight excluding hydrogens is 535 g/mol. The average molecular weight is 558 g/mol. The highest BCUT2D eigenvalue weighted by Crippen LogP contribution is 2.32. The topological polar surface area (TPSA) is 89.2 Å². The van der Waals surface area contributed by atoms with Gasteiger partial charge in [-0.2, -0.15) is 0 Å². The number of hydrogen-bond donors (Lipinski definition) is 0. The van der Waals surface area contributed by atoms with Crippen LogP contribution in [0.15, 0.2) is 65.8 Å². The third kappa shape index (κ3) is 6.32. The molecule has 3 aromatic carbocycles. The van der Waals surface area contributed by atoms with E-state index in [4.69, 9.17) is 49.8 Å². The molecule has 0 aliphatic heterocycles. The van der Waals surface area contributed by atoms with Crippen LogP contribution in [-0.2, 0) is 24.1 Å². The molecule has 37 heavy (non-hydrogen) atoms. The normalized spacial score (nSPS) is 10.8. The smallest absolute Gasteiger partial charge is 0.337 e. The van der Waals surface area contributed by atoms with Crippen LogP contribution in [0, 0.1) is 0 Å². The van der Waals surface area contributed by atoms with E-state index in [0.717, 1.165) is 27.7 Å². The Morgan fingerprint density at radius 1 is 1.00 bits per heavy atom. The van der Waals surface area contributed by atoms with Crippen molar-refractivity contribution in [1.29, 1.82) is 0 Å². The standard InChI is InChI=1S/C27H23Cl3N4O3/c1-36-27(35)18-3-6-20(7-4-18)37-13-11-21-22-15-19(28)5-9-25(22)34(26(21)10-12-32-33-31)16-17-2-8-23(29)24(30)14-17/h2-9,14-15H,10-13,16H2,1H3. The quantitative estimate of drug-likeness (QED) is 0.0858. The number of aromatic nitrogens is 1. The zero-order valence-electron chi connectivity index (χ0n) is 20.0. The molecule has 0 radical (unpaired) electrons. The minimum absolute atomic E-state index is 0.310. The molecule has 4 rings (SSSR count). The lowest BCUT2D eigenvalue weighted by atomic mass is 10.1. The van der Waals surface area contributed by atoms with E-state index in [0.29, 0.717) is 58.9 Å². The first kappa shape index (κ1) is 26.7. The van der Waals surface area contributed by atoms with E-state index in [1.165, 1.54) is 7.11 Å². The number of ether oxygens (including phenoxy) is 2. The second-order valence-corrected chi connectivity index (χ2v) is 9.49. The Morgan fingerprint density at radius 3 is 2.49 bits per heavy atom. The van der Waals surface area contributed by atoms with Crippen molar-refractivity contribution in [2.45, 2.75) is 19.4 Å². The molecule has 4 aromatic rings. The second kappa shape index (κ2) is 12.3. The third-order valence-electron chi connectivity index (χ3n) is 5.98. The molecule has 0 saturated carbocycles. The molecule has 7 nitrogen and oxygen atoms in total. The number of azide groups is 1. The van der Waals surface area contributed by atoms with Crippen molar-refractivity contribution < 1.29 is 14.3 Å². The molecule has 0 aliphatic rings. The Hall–Kier alpha value is -3.35. The number of rotatable bonds is 10. The Morgan fingerprint density at radius 2 is 1.78 bits per heavy atom. The SMILES string of the molecule is COC(=O)c1ccc(OCCc2c(CCN=[N+]=[N-])n(Cc3ccc(Cl)c(Cl)c3)c3ccc(Cl)cc23)cc1. The van der Waals surface area contributed by atoms with E-state index < -0.39 is 5.97 Å². The van der Waals surface area contributed by atoms with Crippen LogP contribution >= 0.6 is 34.8 Å². The molecule has 0 aliphatic carbocycles. The summed E-state index contributed by atoms with van der Waals surface area (Å²) in [7, 11) is 1.34. The van der Waals surface area contributed by atoms with Crippen LogP contribution in [0.2, 0.25) is 15.1 Å². The fraction of sp³-hybridized carbons (Fsp3) is 0.222. The maximum absolute atomic E-state index is 11.7. The van der Waals surface area contributed by atoms with Crippen LogP contribution in [-0.4, -0.2) is 30.8 Å². The van der Waals surface area contributed by atoms with E-state index in [-0.39, 0.29) is 0 Å². The highest BCUT2D eigenvalue weighted by Gasteiger charge is 2.18. The lowest BCUT2D eigenvalue weighted by Gasteiger charge is -2.13. The highest BCUT2D eigenvalue weighted by atomic mass is 35.5. The molecule has 0 bridgehead atoms. The number of esters is 1. The molecule has 1 aromatic heterocycles. The fourth-order valence-electron chi connectivity index (χ4n) is 4.29. The maximum atomic E-state index is 11.7. The van der Waals surface area contributed by atoms with Gasteiger partial charge in [0.25, 0.3) is 0 Å². The van der Waals surface area contributed by atoms with E-state index in [2.05, 4.69) is 14.6 Å². The molecule has 0 N–H and O–H groups in total. The number of carbonyl (C=O) groups is 1. The maximum Gasteiger partial charge on any atom is 0.337 e. The molecule has 0 spiro atoms. The van der Waals surface area contributed by atoms with Gasteiger partial charge in [-0.15, -0.1) is 0 Å². The van der Waals surface area contributed by atoms with E-state index in [1.54, 1.807) is 30.3 Å². The van der Waals surface area contributed by atoms with Crippen molar-refractivity contribution >= 4 is 51.7 Å². The Labute approximate surface area is 229 Å². The lowest BCUT2D eigenvalue weighted by molar-refractivity contribution is 0.0600. The zero-order chi connectivity index (χ0) is 26.4. The lowest BCUT2D eigenvalue weighted by Crippen LogP contribution is -2.09. The van der Waals surface area contributed by atoms with E-state index >= 15 is 0 Å². The third-order valence-corrected chi connectivity index (χ3v) is 6.96. The molecular formula is C27H23Cl3N4O3. The van der Waals surface area contributed by atoms with Crippen molar-refractivity contribution in [3.63, 3.8) is 0 Å². The van der Waals surface area contributed by atoms with E-state index in [1.807, 2.05) is 30.3 Å². The predicted octanol–water partition coefficient (Wildman–Crippen LogP) is 7.91. The number of fused-ring (bicyclic) bond motifs is 1. The summed E-state index contributed by atoms with van der Waals surface area (Å²) >= 11 is 18.8. The minimum Gasteiger partial charge on any atom is -0.493 e. The van der Waals surface area contributed by atoms with Gasteiger partial charge in [0.1, 0.15) is 5.75 Å². The first-order valence-corrected chi connectivity index (χ1v) is 12.6. The summed E-state index contributed by atoms with van der Waals surface area (Å²) < 4.78 is 12.9. The molecule has 0 unspecified atom stereocenters. The van der Waals surface area contributed by atoms with Gasteiger partial charge >= 0.3 is 5.97 Å². The summed E-state index contributed by atoms with van der Waals surface area (Å²) in [6.07, 6.45) is 1.14. The van der Waals surface area contributed by atoms with Crippen LogP contribution in [0.1, 0.15) is 27.2 Å². The van der Waals surface area contributed by atoms with Crippen LogP contribution in [0.5, 0.6) is 5.75 Å². The number of hydrogen-bond acceptors (Lipinski definition) is 4. The number of methoxy groups -OCH3 is 1. The average Bonchev–Trinajstić information content (AvgIpc) is 3.17. The molecule has 10 heteroatoms. The van der Waals surface area contributed by atoms with Crippen LogP contribution in [0.25, 0.3) is 21.3 Å². The van der Waals surface area contributed by atoms with Gasteiger partial charge < -0.3 is 14.0 Å². The number of nitrogens with zero attached hydrogens (tertiary/aromatic N) is 4. The Bertz CT molecular complexity index is 1480. The summed E-state index contributed by atoms with van der Waals surface area (Å²) in [6, 6.07) is 18.2. The van der Waals surface area contributed by atoms with Gasteiger partial charge in [0.15, 0.2) is 0 Å². The largest absolute Gasteiger partial charge is 0.493 e. The number of carbonyl (C=O) groups excluding carboxylic acids is 1. The fourth-order valence-corrected chi connectivity index (χ4v) is 4.78. The Kier molecular flexibility index (Phi) is 8.85. The molecule has 0 atom stereocenters. The summed E-state index contributed by atoms with van der Waals surface area (Å²) in [5.41, 5.74) is 13.4. The van der Waals surface area contributed by atoms with Crippen molar-refractivity contribution in [2.24, 2.45) is 5.11 Å². The van der Waals surface area contributed by atoms with Gasteiger partial charge in [-0.05, 0) is 77.7 Å². The minimum atomic E-state index is -0.400. The van der Waals surface area contributed by atoms with Gasteiger partial charge in [-0.3, -0.25) is 0 Å². The van der Waals surface area contributed by atoms with E-state index in [9.17, 15) is 4.79 Å². The van der Waals surface area contributed by atoms with Crippen LogP contribution in [0.3, 0.4) is 0 Å². The predicted molar refractivity (Wildman–Crippen MR) is 147 cm³/mol. The van der Waals surface area contributed by atoms with Crippen molar-refractivity contribution in [3.05, 3.63) is 109 Å². The summed E-state index contributed by atoms with van der Waals surface area (Å²) in [5, 5.41) is 6.38. The summed E-state index contributed by atoms with van der Waals surface area (Å²) in [6.45, 7) is 1.26. The second-order valence-electron chi connectivity index (χ2n) is 8.24. The summed E-state index contributed by atoms with van der Waals surface area (Å²) in [4.78, 5) is 14.6. The zero-order valence-corrected chi connectivity index (χ0v) is 22.2. The van der Waals surface area contributed by atoms with Crippen LogP contribution in [0.4, 0.5) is 0 Å². The molecule has 0 fully saturated rings. The first-order chi connectivity index (χ1) is 17.9. The summed E-state index contributed by atoms with van der Waals surface area (Å²) in [5.74, 6) is 0.240. The molecule has 190 valence electrons. The molecule has 0 saturated heterocycles. The van der Waals surface area contributed by atoms with Gasteiger partial charge in [0.05, 0.1) is 29.3 Å². The van der Waals surface area contributed by atoms with Gasteiger partial charge in [0.2, 0.25) is 0 Å². The molecule has 0 amide bonds. The monoisotopic (exact) mass is 556 g/mol. The number of benzene rings is 3. The Balaban J connectivity index is 1.66. The first-order valence-electron chi connectivity index (χ1n) is 11.5. The van der Waals surface area contributed by atoms with Gasteiger partial charge in [-0.25, -0.2) is 4.79 Å². The van der Waals surface area contributed by atoms with Gasteiger partial charge in [0, 0.05) is 46.0 Å². The van der Waals surface area contributed by atoms with Crippen molar-refractivity contribution in [3.8, 4) is 5.75 Å². The number of halogens is 3. The molecule has 1 heterocycles. The van der Waals surface area contributed by atoms with Crippen molar-refractivity contribution in [1.82, 2.24) is 4.57 Å². The van der Waals surface area contributed by atoms with Crippen molar-refractivity contribution in [2.75, 3.05) is 20.3 Å². The van der Waals surface area contributed by atoms with Gasteiger partial charge in [-0.1, -0.05) is 46.0 Å².